The Hall–Kier alpha value is -0.720. The molecule has 0 radical (unpaired) electrons. The number of halogens is 2. The van der Waals surface area contributed by atoms with Gasteiger partial charge in [0.2, 0.25) is 0 Å². The van der Waals surface area contributed by atoms with Crippen LogP contribution in [0.2, 0.25) is 0 Å². The standard InChI is InChI=1S/C10H10Br2N4/c1-16-9(5-13)14-15-10(16)7-3-2-6(11)4-8(7)12/h2-4H,5,13H2,1H3. The molecule has 84 valence electrons. The molecule has 0 amide bonds. The Bertz CT molecular complexity index is 522. The van der Waals surface area contributed by atoms with Gasteiger partial charge in [0.15, 0.2) is 5.82 Å². The molecule has 6 heteroatoms. The molecule has 1 aromatic carbocycles. The summed E-state index contributed by atoms with van der Waals surface area (Å²) in [6, 6.07) is 5.93. The largest absolute Gasteiger partial charge is 0.324 e. The van der Waals surface area contributed by atoms with Crippen molar-refractivity contribution < 1.29 is 0 Å². The summed E-state index contributed by atoms with van der Waals surface area (Å²) in [5.74, 6) is 1.57. The van der Waals surface area contributed by atoms with Crippen molar-refractivity contribution in [2.45, 2.75) is 6.54 Å². The highest BCUT2D eigenvalue weighted by Crippen LogP contribution is 2.29. The molecule has 0 atom stereocenters. The third-order valence-electron chi connectivity index (χ3n) is 2.32. The minimum atomic E-state index is 0.387. The van der Waals surface area contributed by atoms with Crippen LogP contribution < -0.4 is 5.73 Å². The molecule has 2 aromatic rings. The summed E-state index contributed by atoms with van der Waals surface area (Å²) in [5.41, 5.74) is 6.56. The first-order valence-corrected chi connectivity index (χ1v) is 6.26. The van der Waals surface area contributed by atoms with Gasteiger partial charge in [0.25, 0.3) is 0 Å². The van der Waals surface area contributed by atoms with E-state index in [9.17, 15) is 0 Å². The van der Waals surface area contributed by atoms with Crippen LogP contribution in [0.1, 0.15) is 5.82 Å². The zero-order chi connectivity index (χ0) is 11.7. The van der Waals surface area contributed by atoms with E-state index in [-0.39, 0.29) is 0 Å². The number of aromatic nitrogens is 3. The van der Waals surface area contributed by atoms with E-state index >= 15 is 0 Å². The lowest BCUT2D eigenvalue weighted by Crippen LogP contribution is -2.05. The van der Waals surface area contributed by atoms with Gasteiger partial charge in [-0.3, -0.25) is 0 Å². The number of nitrogens with two attached hydrogens (primary N) is 1. The monoisotopic (exact) mass is 344 g/mol. The van der Waals surface area contributed by atoms with Gasteiger partial charge in [-0.2, -0.15) is 0 Å². The van der Waals surface area contributed by atoms with Crippen molar-refractivity contribution in [3.05, 3.63) is 33.0 Å². The number of hydrogen-bond acceptors (Lipinski definition) is 3. The Kier molecular flexibility index (Phi) is 3.41. The molecule has 1 aromatic heterocycles. The van der Waals surface area contributed by atoms with Gasteiger partial charge >= 0.3 is 0 Å². The van der Waals surface area contributed by atoms with E-state index in [1.54, 1.807) is 0 Å². The van der Waals surface area contributed by atoms with Crippen molar-refractivity contribution in [2.75, 3.05) is 0 Å². The fourth-order valence-electron chi connectivity index (χ4n) is 1.44. The first kappa shape index (κ1) is 11.8. The molecule has 2 rings (SSSR count). The van der Waals surface area contributed by atoms with Crippen molar-refractivity contribution >= 4 is 31.9 Å². The molecule has 0 saturated carbocycles. The van der Waals surface area contributed by atoms with Crippen molar-refractivity contribution in [3.8, 4) is 11.4 Å². The minimum Gasteiger partial charge on any atom is -0.324 e. The second-order valence-corrected chi connectivity index (χ2v) is 5.10. The van der Waals surface area contributed by atoms with Crippen molar-refractivity contribution in [2.24, 2.45) is 12.8 Å². The zero-order valence-corrected chi connectivity index (χ0v) is 11.8. The Morgan fingerprint density at radius 3 is 2.62 bits per heavy atom. The zero-order valence-electron chi connectivity index (χ0n) is 8.61. The highest BCUT2D eigenvalue weighted by molar-refractivity contribution is 9.11. The summed E-state index contributed by atoms with van der Waals surface area (Å²) in [5, 5.41) is 8.16. The quantitative estimate of drug-likeness (QED) is 0.909. The Labute approximate surface area is 110 Å². The van der Waals surface area contributed by atoms with Gasteiger partial charge in [0.05, 0.1) is 6.54 Å². The average Bonchev–Trinajstić information content (AvgIpc) is 2.60. The Morgan fingerprint density at radius 2 is 2.06 bits per heavy atom. The van der Waals surface area contributed by atoms with E-state index < -0.39 is 0 Å². The molecule has 0 spiro atoms. The lowest BCUT2D eigenvalue weighted by molar-refractivity contribution is 0.796. The summed E-state index contributed by atoms with van der Waals surface area (Å²) >= 11 is 6.92. The fourth-order valence-corrected chi connectivity index (χ4v) is 2.67. The van der Waals surface area contributed by atoms with E-state index in [0.29, 0.717) is 6.54 Å². The van der Waals surface area contributed by atoms with Gasteiger partial charge in [-0.1, -0.05) is 15.9 Å². The maximum atomic E-state index is 5.56. The van der Waals surface area contributed by atoms with E-state index in [0.717, 1.165) is 26.2 Å². The molecule has 2 N–H and O–H groups in total. The van der Waals surface area contributed by atoms with Crippen LogP contribution in [0.5, 0.6) is 0 Å². The van der Waals surface area contributed by atoms with Gasteiger partial charge in [0.1, 0.15) is 5.82 Å². The van der Waals surface area contributed by atoms with Gasteiger partial charge in [-0.05, 0) is 34.1 Å². The van der Waals surface area contributed by atoms with E-state index in [2.05, 4.69) is 42.1 Å². The van der Waals surface area contributed by atoms with Crippen LogP contribution >= 0.6 is 31.9 Å². The predicted octanol–water partition coefficient (Wildman–Crippen LogP) is 2.47. The number of benzene rings is 1. The molecule has 1 heterocycles. The fraction of sp³-hybridized carbons (Fsp3) is 0.200. The molecule has 16 heavy (non-hydrogen) atoms. The molecule has 0 fully saturated rings. The number of hydrogen-bond donors (Lipinski definition) is 1. The topological polar surface area (TPSA) is 56.7 Å². The normalized spacial score (nSPS) is 10.8. The molecule has 0 saturated heterocycles. The smallest absolute Gasteiger partial charge is 0.164 e. The number of nitrogens with zero attached hydrogens (tertiary/aromatic N) is 3. The van der Waals surface area contributed by atoms with Gasteiger partial charge in [-0.25, -0.2) is 0 Å². The van der Waals surface area contributed by atoms with Crippen LogP contribution in [-0.4, -0.2) is 14.8 Å². The Morgan fingerprint density at radius 1 is 1.31 bits per heavy atom. The molecular weight excluding hydrogens is 336 g/mol. The highest BCUT2D eigenvalue weighted by Gasteiger charge is 2.12. The summed E-state index contributed by atoms with van der Waals surface area (Å²) in [6.07, 6.45) is 0. The lowest BCUT2D eigenvalue weighted by atomic mass is 10.2. The lowest BCUT2D eigenvalue weighted by Gasteiger charge is -2.05. The van der Waals surface area contributed by atoms with Crippen LogP contribution in [0.15, 0.2) is 27.1 Å². The molecule has 0 aliphatic carbocycles. The van der Waals surface area contributed by atoms with Crippen LogP contribution in [-0.2, 0) is 13.6 Å². The first-order valence-electron chi connectivity index (χ1n) is 4.67. The van der Waals surface area contributed by atoms with Gasteiger partial charge in [-0.15, -0.1) is 10.2 Å². The third-order valence-corrected chi connectivity index (χ3v) is 3.47. The van der Waals surface area contributed by atoms with Crippen LogP contribution in [0.25, 0.3) is 11.4 Å². The summed E-state index contributed by atoms with van der Waals surface area (Å²) in [6.45, 7) is 0.387. The van der Waals surface area contributed by atoms with Crippen LogP contribution in [0, 0.1) is 0 Å². The van der Waals surface area contributed by atoms with Crippen LogP contribution in [0.4, 0.5) is 0 Å². The van der Waals surface area contributed by atoms with E-state index in [4.69, 9.17) is 5.73 Å². The SMILES string of the molecule is Cn1c(CN)nnc1-c1ccc(Br)cc1Br. The average molecular weight is 346 g/mol. The third kappa shape index (κ3) is 2.05. The van der Waals surface area contributed by atoms with Crippen LogP contribution in [0.3, 0.4) is 0 Å². The second kappa shape index (κ2) is 4.65. The van der Waals surface area contributed by atoms with Gasteiger partial charge in [0, 0.05) is 21.6 Å². The summed E-state index contributed by atoms with van der Waals surface area (Å²) in [4.78, 5) is 0. The maximum Gasteiger partial charge on any atom is 0.164 e. The maximum absolute atomic E-state index is 5.56. The van der Waals surface area contributed by atoms with Gasteiger partial charge < -0.3 is 10.3 Å². The molecule has 0 aliphatic heterocycles. The summed E-state index contributed by atoms with van der Waals surface area (Å²) in [7, 11) is 1.91. The summed E-state index contributed by atoms with van der Waals surface area (Å²) < 4.78 is 3.89. The molecule has 0 aliphatic rings. The first-order chi connectivity index (χ1) is 7.63. The molecular formula is C10H10Br2N4. The van der Waals surface area contributed by atoms with Crippen molar-refractivity contribution in [1.82, 2.24) is 14.8 Å². The Balaban J connectivity index is 2.54. The van der Waals surface area contributed by atoms with E-state index in [1.807, 2.05) is 29.8 Å². The number of rotatable bonds is 2. The van der Waals surface area contributed by atoms with Crippen molar-refractivity contribution in [1.29, 1.82) is 0 Å². The van der Waals surface area contributed by atoms with Crippen molar-refractivity contribution in [3.63, 3.8) is 0 Å². The molecule has 0 bridgehead atoms. The second-order valence-electron chi connectivity index (χ2n) is 3.33. The molecule has 4 nitrogen and oxygen atoms in total. The highest BCUT2D eigenvalue weighted by atomic mass is 79.9. The van der Waals surface area contributed by atoms with E-state index in [1.165, 1.54) is 0 Å². The molecule has 0 unspecified atom stereocenters. The minimum absolute atomic E-state index is 0.387. The predicted molar refractivity (Wildman–Crippen MR) is 69.7 cm³/mol.